The smallest absolute Gasteiger partial charge is 0.194 e. The van der Waals surface area contributed by atoms with Crippen molar-refractivity contribution in [2.24, 2.45) is 0 Å². The van der Waals surface area contributed by atoms with Crippen LogP contribution in [0.25, 0.3) is 0 Å². The molecule has 19 heavy (non-hydrogen) atoms. The first-order chi connectivity index (χ1) is 8.98. The standard InChI is InChI=1S/C14H18F3NO/c1-2-18-8-3-6-14(19,7-9-18)10-4-5-11(15)13(17)12(10)16/h4-5,19H,2-3,6-9H2,1H3. The molecule has 1 aromatic carbocycles. The average molecular weight is 273 g/mol. The Labute approximate surface area is 110 Å². The monoisotopic (exact) mass is 273 g/mol. The Kier molecular flexibility index (Phi) is 4.16. The molecule has 1 unspecified atom stereocenters. The minimum atomic E-state index is -1.51. The van der Waals surface area contributed by atoms with Crippen LogP contribution in [0.3, 0.4) is 0 Å². The number of aliphatic hydroxyl groups is 1. The summed E-state index contributed by atoms with van der Waals surface area (Å²) < 4.78 is 40.0. The van der Waals surface area contributed by atoms with Crippen LogP contribution in [0.5, 0.6) is 0 Å². The van der Waals surface area contributed by atoms with Gasteiger partial charge in [0.15, 0.2) is 17.5 Å². The molecule has 0 saturated carbocycles. The second-order valence-electron chi connectivity index (χ2n) is 5.04. The zero-order valence-electron chi connectivity index (χ0n) is 10.9. The maximum absolute atomic E-state index is 13.8. The van der Waals surface area contributed by atoms with E-state index in [-0.39, 0.29) is 5.56 Å². The lowest BCUT2D eigenvalue weighted by atomic mass is 9.86. The van der Waals surface area contributed by atoms with E-state index in [1.165, 1.54) is 0 Å². The summed E-state index contributed by atoms with van der Waals surface area (Å²) in [6, 6.07) is 2.02. The van der Waals surface area contributed by atoms with Gasteiger partial charge in [0.1, 0.15) is 0 Å². The van der Waals surface area contributed by atoms with Gasteiger partial charge in [-0.25, -0.2) is 13.2 Å². The molecule has 106 valence electrons. The van der Waals surface area contributed by atoms with Gasteiger partial charge in [0.2, 0.25) is 0 Å². The van der Waals surface area contributed by atoms with Gasteiger partial charge in [-0.3, -0.25) is 0 Å². The van der Waals surface area contributed by atoms with Gasteiger partial charge in [0.05, 0.1) is 5.60 Å². The fourth-order valence-electron chi connectivity index (χ4n) is 2.65. The SMILES string of the molecule is CCN1CCCC(O)(c2ccc(F)c(F)c2F)CC1. The number of likely N-dealkylation sites (tertiary alicyclic amines) is 1. The maximum Gasteiger partial charge on any atom is 0.194 e. The molecular formula is C14H18F3NO. The van der Waals surface area contributed by atoms with Gasteiger partial charge in [-0.1, -0.05) is 13.0 Å². The van der Waals surface area contributed by atoms with E-state index in [0.717, 1.165) is 25.2 Å². The van der Waals surface area contributed by atoms with Gasteiger partial charge >= 0.3 is 0 Å². The molecule has 0 amide bonds. The largest absolute Gasteiger partial charge is 0.385 e. The summed E-state index contributed by atoms with van der Waals surface area (Å²) >= 11 is 0. The molecule has 1 N–H and O–H groups in total. The summed E-state index contributed by atoms with van der Waals surface area (Å²) in [5.74, 6) is -4.01. The van der Waals surface area contributed by atoms with Crippen LogP contribution in [-0.4, -0.2) is 29.6 Å². The fraction of sp³-hybridized carbons (Fsp3) is 0.571. The van der Waals surface area contributed by atoms with Crippen LogP contribution in [0, 0.1) is 17.5 Å². The van der Waals surface area contributed by atoms with Crippen LogP contribution in [0.1, 0.15) is 31.7 Å². The molecule has 0 aromatic heterocycles. The maximum atomic E-state index is 13.8. The third-order valence-corrected chi connectivity index (χ3v) is 3.89. The van der Waals surface area contributed by atoms with Gasteiger partial charge in [0, 0.05) is 12.1 Å². The van der Waals surface area contributed by atoms with Crippen molar-refractivity contribution in [2.75, 3.05) is 19.6 Å². The van der Waals surface area contributed by atoms with Crippen molar-refractivity contribution < 1.29 is 18.3 Å². The third kappa shape index (κ3) is 2.77. The predicted octanol–water partition coefficient (Wildman–Crippen LogP) is 2.80. The molecule has 5 heteroatoms. The van der Waals surface area contributed by atoms with E-state index in [0.29, 0.717) is 25.8 Å². The van der Waals surface area contributed by atoms with E-state index in [4.69, 9.17) is 0 Å². The molecule has 1 aliphatic rings. The van der Waals surface area contributed by atoms with Crippen molar-refractivity contribution in [2.45, 2.75) is 31.8 Å². The molecule has 0 bridgehead atoms. The van der Waals surface area contributed by atoms with E-state index in [1.807, 2.05) is 6.92 Å². The van der Waals surface area contributed by atoms with Gasteiger partial charge in [-0.15, -0.1) is 0 Å². The zero-order valence-corrected chi connectivity index (χ0v) is 10.9. The summed E-state index contributed by atoms with van der Waals surface area (Å²) in [6.45, 7) is 4.31. The fourth-order valence-corrected chi connectivity index (χ4v) is 2.65. The number of nitrogens with zero attached hydrogens (tertiary/aromatic N) is 1. The average Bonchev–Trinajstić information content (AvgIpc) is 2.58. The second-order valence-corrected chi connectivity index (χ2v) is 5.04. The lowest BCUT2D eigenvalue weighted by Gasteiger charge is -2.28. The van der Waals surface area contributed by atoms with Gasteiger partial charge < -0.3 is 10.0 Å². The summed E-state index contributed by atoms with van der Waals surface area (Å²) in [5.41, 5.74) is -1.55. The molecule has 2 rings (SSSR count). The first kappa shape index (κ1) is 14.3. The summed E-state index contributed by atoms with van der Waals surface area (Å²) in [7, 11) is 0. The number of benzene rings is 1. The molecule has 1 fully saturated rings. The Morgan fingerprint density at radius 2 is 1.89 bits per heavy atom. The number of halogens is 3. The molecule has 1 heterocycles. The molecule has 1 aliphatic heterocycles. The number of hydrogen-bond acceptors (Lipinski definition) is 2. The summed E-state index contributed by atoms with van der Waals surface area (Å²) in [5, 5.41) is 10.6. The van der Waals surface area contributed by atoms with Crippen LogP contribution in [0.2, 0.25) is 0 Å². The first-order valence-corrected chi connectivity index (χ1v) is 6.56. The van der Waals surface area contributed by atoms with Gasteiger partial charge in [-0.05, 0) is 38.4 Å². The molecule has 0 radical (unpaired) electrons. The van der Waals surface area contributed by atoms with Crippen LogP contribution in [0.15, 0.2) is 12.1 Å². The quantitative estimate of drug-likeness (QED) is 0.838. The zero-order chi connectivity index (χ0) is 14.0. The number of hydrogen-bond donors (Lipinski definition) is 1. The number of rotatable bonds is 2. The highest BCUT2D eigenvalue weighted by molar-refractivity contribution is 5.26. The van der Waals surface area contributed by atoms with E-state index < -0.39 is 23.1 Å². The third-order valence-electron chi connectivity index (χ3n) is 3.89. The minimum absolute atomic E-state index is 0.135. The Hall–Kier alpha value is -1.07. The van der Waals surface area contributed by atoms with E-state index in [9.17, 15) is 18.3 Å². The van der Waals surface area contributed by atoms with Crippen LogP contribution in [-0.2, 0) is 5.60 Å². The van der Waals surface area contributed by atoms with Crippen molar-refractivity contribution >= 4 is 0 Å². The Balaban J connectivity index is 2.32. The minimum Gasteiger partial charge on any atom is -0.385 e. The van der Waals surface area contributed by atoms with Gasteiger partial charge in [0.25, 0.3) is 0 Å². The summed E-state index contributed by atoms with van der Waals surface area (Å²) in [6.07, 6.45) is 1.37. The first-order valence-electron chi connectivity index (χ1n) is 6.56. The van der Waals surface area contributed by atoms with Crippen molar-refractivity contribution in [3.63, 3.8) is 0 Å². The summed E-state index contributed by atoms with van der Waals surface area (Å²) in [4.78, 5) is 2.15. The molecular weight excluding hydrogens is 255 g/mol. The normalized spacial score (nSPS) is 25.3. The molecule has 1 saturated heterocycles. The van der Waals surface area contributed by atoms with E-state index >= 15 is 0 Å². The Morgan fingerprint density at radius 1 is 1.16 bits per heavy atom. The molecule has 1 atom stereocenters. The highest BCUT2D eigenvalue weighted by Crippen LogP contribution is 2.35. The van der Waals surface area contributed by atoms with Crippen molar-refractivity contribution in [3.05, 3.63) is 35.1 Å². The van der Waals surface area contributed by atoms with Crippen LogP contribution in [0.4, 0.5) is 13.2 Å². The van der Waals surface area contributed by atoms with E-state index in [1.54, 1.807) is 0 Å². The Morgan fingerprint density at radius 3 is 2.58 bits per heavy atom. The predicted molar refractivity (Wildman–Crippen MR) is 66.2 cm³/mol. The van der Waals surface area contributed by atoms with E-state index in [2.05, 4.69) is 4.90 Å². The van der Waals surface area contributed by atoms with Crippen LogP contribution < -0.4 is 0 Å². The molecule has 0 aliphatic carbocycles. The molecule has 0 spiro atoms. The topological polar surface area (TPSA) is 23.5 Å². The van der Waals surface area contributed by atoms with Crippen molar-refractivity contribution in [1.82, 2.24) is 4.90 Å². The lowest BCUT2D eigenvalue weighted by molar-refractivity contribution is 0.0171. The lowest BCUT2D eigenvalue weighted by Crippen LogP contribution is -2.30. The van der Waals surface area contributed by atoms with Crippen molar-refractivity contribution in [3.8, 4) is 0 Å². The highest BCUT2D eigenvalue weighted by atomic mass is 19.2. The molecule has 1 aromatic rings. The Bertz CT molecular complexity index is 466. The van der Waals surface area contributed by atoms with Gasteiger partial charge in [-0.2, -0.15) is 0 Å². The van der Waals surface area contributed by atoms with Crippen LogP contribution >= 0.6 is 0 Å². The molecule has 2 nitrogen and oxygen atoms in total. The second kappa shape index (κ2) is 5.51. The highest BCUT2D eigenvalue weighted by Gasteiger charge is 2.35. The van der Waals surface area contributed by atoms with Crippen molar-refractivity contribution in [1.29, 1.82) is 0 Å².